The van der Waals surface area contributed by atoms with E-state index < -0.39 is 12.0 Å². The molecule has 3 atom stereocenters. The van der Waals surface area contributed by atoms with Crippen LogP contribution in [-0.4, -0.2) is 69.8 Å². The number of carboxylic acids is 1. The Morgan fingerprint density at radius 1 is 1.38 bits per heavy atom. The van der Waals surface area contributed by atoms with Crippen LogP contribution in [0.15, 0.2) is 0 Å². The summed E-state index contributed by atoms with van der Waals surface area (Å²) in [6.07, 6.45) is 3.22. The van der Waals surface area contributed by atoms with E-state index in [9.17, 15) is 14.7 Å². The van der Waals surface area contributed by atoms with Gasteiger partial charge in [0.05, 0.1) is 5.37 Å². The average Bonchev–Trinajstić information content (AvgIpc) is 3.06. The van der Waals surface area contributed by atoms with Gasteiger partial charge in [-0.15, -0.1) is 11.8 Å². The lowest BCUT2D eigenvalue weighted by molar-refractivity contribution is -0.141. The van der Waals surface area contributed by atoms with E-state index in [1.165, 1.54) is 17.7 Å². The molecule has 2 heterocycles. The molecule has 0 aliphatic carbocycles. The van der Waals surface area contributed by atoms with E-state index in [-0.39, 0.29) is 17.4 Å². The van der Waals surface area contributed by atoms with E-state index in [1.807, 2.05) is 13.8 Å². The molecule has 0 aromatic carbocycles. The molecule has 120 valence electrons. The molecule has 0 bridgehead atoms. The van der Waals surface area contributed by atoms with Gasteiger partial charge in [0.25, 0.3) is 0 Å². The number of carbonyl (C=O) groups is 2. The number of rotatable bonds is 5. The zero-order valence-electron chi connectivity index (χ0n) is 12.7. The minimum Gasteiger partial charge on any atom is -0.480 e. The molecular formula is C14H25N3O3S. The number of amides is 2. The largest absolute Gasteiger partial charge is 0.480 e. The van der Waals surface area contributed by atoms with Gasteiger partial charge in [-0.1, -0.05) is 6.92 Å². The van der Waals surface area contributed by atoms with Crippen molar-refractivity contribution in [1.82, 2.24) is 15.1 Å². The van der Waals surface area contributed by atoms with E-state index in [2.05, 4.69) is 10.2 Å². The summed E-state index contributed by atoms with van der Waals surface area (Å²) in [6, 6.07) is -0.918. The topological polar surface area (TPSA) is 72.9 Å². The number of carbonyl (C=O) groups excluding carboxylic acids is 1. The summed E-state index contributed by atoms with van der Waals surface area (Å²) in [5.74, 6) is -0.442. The molecule has 2 rings (SSSR count). The Morgan fingerprint density at radius 2 is 2.05 bits per heavy atom. The number of likely N-dealkylation sites (tertiary alicyclic amines) is 1. The van der Waals surface area contributed by atoms with Crippen molar-refractivity contribution >= 4 is 23.8 Å². The first-order valence-electron chi connectivity index (χ1n) is 7.68. The number of urea groups is 1. The van der Waals surface area contributed by atoms with Gasteiger partial charge in [-0.25, -0.2) is 9.59 Å². The van der Waals surface area contributed by atoms with Crippen molar-refractivity contribution in [2.24, 2.45) is 0 Å². The van der Waals surface area contributed by atoms with Gasteiger partial charge in [0.15, 0.2) is 0 Å². The molecule has 3 unspecified atom stereocenters. The lowest BCUT2D eigenvalue weighted by Crippen LogP contribution is -2.53. The average molecular weight is 315 g/mol. The molecule has 21 heavy (non-hydrogen) atoms. The smallest absolute Gasteiger partial charge is 0.327 e. The molecule has 2 N–H and O–H groups in total. The Hall–Kier alpha value is -0.950. The SMILES string of the molecule is CCC1SCC(C(=O)O)N1C(=O)NC(C)CN1CCCC1. The van der Waals surface area contributed by atoms with Crippen LogP contribution in [0.5, 0.6) is 0 Å². The van der Waals surface area contributed by atoms with Gasteiger partial charge in [-0.2, -0.15) is 0 Å². The van der Waals surface area contributed by atoms with Gasteiger partial charge in [0.2, 0.25) is 0 Å². The van der Waals surface area contributed by atoms with Crippen LogP contribution in [0.2, 0.25) is 0 Å². The number of hydrogen-bond acceptors (Lipinski definition) is 4. The third-order valence-corrected chi connectivity index (χ3v) is 5.52. The zero-order chi connectivity index (χ0) is 15.4. The highest BCUT2D eigenvalue weighted by Crippen LogP contribution is 2.31. The van der Waals surface area contributed by atoms with Crippen molar-refractivity contribution in [2.75, 3.05) is 25.4 Å². The number of nitrogens with one attached hydrogen (secondary N) is 1. The fourth-order valence-electron chi connectivity index (χ4n) is 3.02. The van der Waals surface area contributed by atoms with Crippen molar-refractivity contribution in [3.05, 3.63) is 0 Å². The monoisotopic (exact) mass is 315 g/mol. The standard InChI is InChI=1S/C14H25N3O3S/c1-3-12-17(11(9-21-12)13(18)19)14(20)15-10(2)8-16-6-4-5-7-16/h10-12H,3-9H2,1-2H3,(H,15,20)(H,18,19). The molecular weight excluding hydrogens is 290 g/mol. The van der Waals surface area contributed by atoms with E-state index in [0.29, 0.717) is 5.75 Å². The summed E-state index contributed by atoms with van der Waals surface area (Å²) in [6.45, 7) is 6.98. The molecule has 2 amide bonds. The van der Waals surface area contributed by atoms with Crippen LogP contribution in [0.4, 0.5) is 4.79 Å². The summed E-state index contributed by atoms with van der Waals surface area (Å²) in [4.78, 5) is 27.6. The van der Waals surface area contributed by atoms with Crippen molar-refractivity contribution < 1.29 is 14.7 Å². The Labute approximate surface area is 130 Å². The summed E-state index contributed by atoms with van der Waals surface area (Å²) < 4.78 is 0. The first kappa shape index (κ1) is 16.4. The number of thioether (sulfide) groups is 1. The summed E-state index contributed by atoms with van der Waals surface area (Å²) in [7, 11) is 0. The minimum absolute atomic E-state index is 0.0353. The maximum absolute atomic E-state index is 12.4. The van der Waals surface area contributed by atoms with Gasteiger partial charge in [0.1, 0.15) is 6.04 Å². The van der Waals surface area contributed by atoms with Crippen LogP contribution in [0, 0.1) is 0 Å². The van der Waals surface area contributed by atoms with Crippen LogP contribution in [0.1, 0.15) is 33.1 Å². The van der Waals surface area contributed by atoms with E-state index >= 15 is 0 Å². The van der Waals surface area contributed by atoms with Gasteiger partial charge < -0.3 is 15.3 Å². The van der Waals surface area contributed by atoms with Crippen LogP contribution < -0.4 is 5.32 Å². The van der Waals surface area contributed by atoms with Crippen LogP contribution in [0.25, 0.3) is 0 Å². The molecule has 0 aromatic rings. The normalized spacial score (nSPS) is 27.8. The summed E-state index contributed by atoms with van der Waals surface area (Å²) in [5, 5.41) is 12.2. The maximum Gasteiger partial charge on any atom is 0.327 e. The molecule has 0 aromatic heterocycles. The molecule has 2 saturated heterocycles. The number of nitrogens with zero attached hydrogens (tertiary/aromatic N) is 2. The van der Waals surface area contributed by atoms with Crippen molar-refractivity contribution in [1.29, 1.82) is 0 Å². The first-order valence-corrected chi connectivity index (χ1v) is 8.73. The minimum atomic E-state index is -0.916. The van der Waals surface area contributed by atoms with E-state index in [1.54, 1.807) is 11.8 Å². The first-order chi connectivity index (χ1) is 10.0. The predicted molar refractivity (Wildman–Crippen MR) is 83.5 cm³/mol. The second kappa shape index (κ2) is 7.35. The van der Waals surface area contributed by atoms with Crippen molar-refractivity contribution in [3.63, 3.8) is 0 Å². The van der Waals surface area contributed by atoms with Gasteiger partial charge in [-0.05, 0) is 39.3 Å². The lowest BCUT2D eigenvalue weighted by Gasteiger charge is -2.29. The van der Waals surface area contributed by atoms with Gasteiger partial charge in [0, 0.05) is 18.3 Å². The molecule has 0 spiro atoms. The van der Waals surface area contributed by atoms with Gasteiger partial charge in [-0.3, -0.25) is 4.90 Å². The quantitative estimate of drug-likeness (QED) is 0.803. The second-order valence-electron chi connectivity index (χ2n) is 5.82. The third-order valence-electron chi connectivity index (χ3n) is 4.06. The van der Waals surface area contributed by atoms with Crippen molar-refractivity contribution in [2.45, 2.75) is 50.6 Å². The number of aliphatic carboxylic acids is 1. The van der Waals surface area contributed by atoms with Crippen molar-refractivity contribution in [3.8, 4) is 0 Å². The zero-order valence-corrected chi connectivity index (χ0v) is 13.6. The summed E-state index contributed by atoms with van der Waals surface area (Å²) in [5.41, 5.74) is 0. The Kier molecular flexibility index (Phi) is 5.75. The highest BCUT2D eigenvalue weighted by Gasteiger charge is 2.41. The number of carboxylic acid groups (broad SMARTS) is 1. The Balaban J connectivity index is 1.91. The van der Waals surface area contributed by atoms with Crippen LogP contribution in [0.3, 0.4) is 0 Å². The predicted octanol–water partition coefficient (Wildman–Crippen LogP) is 1.42. The molecule has 7 heteroatoms. The molecule has 2 aliphatic rings. The molecule has 2 fully saturated rings. The fourth-order valence-corrected chi connectivity index (χ4v) is 4.37. The van der Waals surface area contributed by atoms with Crippen LogP contribution >= 0.6 is 11.8 Å². The molecule has 0 saturated carbocycles. The van der Waals surface area contributed by atoms with Gasteiger partial charge >= 0.3 is 12.0 Å². The molecule has 0 radical (unpaired) electrons. The van der Waals surface area contributed by atoms with E-state index in [4.69, 9.17) is 0 Å². The second-order valence-corrected chi connectivity index (χ2v) is 7.03. The van der Waals surface area contributed by atoms with Crippen LogP contribution in [-0.2, 0) is 4.79 Å². The number of hydrogen-bond donors (Lipinski definition) is 2. The maximum atomic E-state index is 12.4. The molecule has 6 nitrogen and oxygen atoms in total. The Morgan fingerprint density at radius 3 is 2.62 bits per heavy atom. The lowest BCUT2D eigenvalue weighted by atomic mass is 10.2. The molecule has 2 aliphatic heterocycles. The Bertz CT molecular complexity index is 388. The fraction of sp³-hybridized carbons (Fsp3) is 0.857. The third kappa shape index (κ3) is 4.03. The summed E-state index contributed by atoms with van der Waals surface area (Å²) >= 11 is 1.55. The van der Waals surface area contributed by atoms with E-state index in [0.717, 1.165) is 26.1 Å². The highest BCUT2D eigenvalue weighted by atomic mass is 32.2. The highest BCUT2D eigenvalue weighted by molar-refractivity contribution is 8.00.